The first-order valence-corrected chi connectivity index (χ1v) is 19.7. The monoisotopic (exact) mass is 731 g/mol. The van der Waals surface area contributed by atoms with Crippen molar-refractivity contribution in [1.29, 1.82) is 0 Å². The number of nitrogens with zero attached hydrogens (tertiary/aromatic N) is 3. The summed E-state index contributed by atoms with van der Waals surface area (Å²) in [6.07, 6.45) is 13.5. The predicted octanol–water partition coefficient (Wildman–Crippen LogP) is 5.85. The minimum Gasteiger partial charge on any atom is -0.726 e. The lowest BCUT2D eigenvalue weighted by molar-refractivity contribution is -0.657. The molecule has 2 aromatic rings. The van der Waals surface area contributed by atoms with E-state index in [2.05, 4.69) is 26.1 Å². The minimum atomic E-state index is -4.78. The van der Waals surface area contributed by atoms with Gasteiger partial charge in [0.05, 0.1) is 20.2 Å². The summed E-state index contributed by atoms with van der Waals surface area (Å²) in [5.74, 6) is 1.92. The molecular formula is C38H61N5O7S. The van der Waals surface area contributed by atoms with E-state index in [-0.39, 0.29) is 34.2 Å². The lowest BCUT2D eigenvalue weighted by Crippen LogP contribution is -2.54. The van der Waals surface area contributed by atoms with Gasteiger partial charge in [-0.1, -0.05) is 52.2 Å². The molecule has 1 aromatic heterocycles. The molecule has 1 amide bonds. The fourth-order valence-electron chi connectivity index (χ4n) is 9.13. The Balaban J connectivity index is 0.000000345. The summed E-state index contributed by atoms with van der Waals surface area (Å²) < 4.78 is 43.9. The number of rotatable bonds is 11. The van der Waals surface area contributed by atoms with E-state index in [4.69, 9.17) is 9.92 Å². The Hall–Kier alpha value is -3.13. The molecule has 6 atom stereocenters. The van der Waals surface area contributed by atoms with E-state index < -0.39 is 22.8 Å². The van der Waals surface area contributed by atoms with Crippen molar-refractivity contribution in [3.8, 4) is 11.5 Å². The fraction of sp³-hybridized carbons (Fsp3) is 0.684. The number of hydrogen-bond donors (Lipinski definition) is 4. The lowest BCUT2D eigenvalue weighted by atomic mass is 9.48. The third kappa shape index (κ3) is 9.85. The number of aromatic hydroxyl groups is 2. The largest absolute Gasteiger partial charge is 0.726 e. The standard InChI is InChI=1S/C30H48O6S.C8H13N5O/c1-21(13-14-23-19-25(31)15-16-26(23)32)9-6-10-22(2)27(36-37(33,34)35)20-24-11-7-12-28-29(3,4)17-8-18-30(24,28)5;1-11-4-12(2)6-5(11)7(14)13(3)8(9)10-6/h13,15-16,19,22,24,27-28,31-32H,6-12,14,17-18,20H2,1-5H3,(H,33,34,35);4,8H,9H2,1-3H3/b21-13+;/t22-,24+,27-,28+,30+;/m1./s1. The number of fused-ring (bicyclic) bond motifs is 2. The maximum Gasteiger partial charge on any atom is 0.296 e. The number of nitrogens with two attached hydrogens (primary N) is 1. The van der Waals surface area contributed by atoms with E-state index in [1.54, 1.807) is 17.7 Å². The molecule has 0 saturated heterocycles. The molecule has 1 aliphatic heterocycles. The first kappa shape index (κ1) is 40.6. The van der Waals surface area contributed by atoms with Gasteiger partial charge in [-0.15, -0.1) is 0 Å². The summed E-state index contributed by atoms with van der Waals surface area (Å²) in [7, 11) is 0.600. The number of benzene rings is 1. The topological polar surface area (TPSA) is 174 Å². The van der Waals surface area contributed by atoms with Gasteiger partial charge in [-0.3, -0.25) is 29.5 Å². The van der Waals surface area contributed by atoms with Gasteiger partial charge in [0.15, 0.2) is 6.33 Å². The van der Waals surface area contributed by atoms with Crippen LogP contribution in [0.3, 0.4) is 0 Å². The van der Waals surface area contributed by atoms with Crippen LogP contribution in [0.5, 0.6) is 11.5 Å². The summed E-state index contributed by atoms with van der Waals surface area (Å²) in [6.45, 7) is 11.2. The van der Waals surface area contributed by atoms with Gasteiger partial charge in [0.2, 0.25) is 22.4 Å². The van der Waals surface area contributed by atoms with Gasteiger partial charge in [-0.25, -0.2) is 13.0 Å². The average Bonchev–Trinajstić information content (AvgIpc) is 3.32. The second-order valence-corrected chi connectivity index (χ2v) is 17.3. The summed E-state index contributed by atoms with van der Waals surface area (Å²) in [5.41, 5.74) is 8.65. The Labute approximate surface area is 305 Å². The number of hydrogen-bond acceptors (Lipinski definition) is 9. The van der Waals surface area contributed by atoms with E-state index in [1.807, 2.05) is 44.9 Å². The number of amides is 1. The van der Waals surface area contributed by atoms with Crippen LogP contribution in [0.2, 0.25) is 0 Å². The van der Waals surface area contributed by atoms with Crippen LogP contribution in [0.4, 0.5) is 5.82 Å². The maximum absolute atomic E-state index is 11.8. The smallest absolute Gasteiger partial charge is 0.296 e. The highest BCUT2D eigenvalue weighted by Crippen LogP contribution is 2.61. The van der Waals surface area contributed by atoms with Crippen LogP contribution in [0, 0.1) is 28.6 Å². The van der Waals surface area contributed by atoms with Crippen molar-refractivity contribution in [2.45, 2.75) is 118 Å². The number of carbonyl (C=O) groups is 1. The third-order valence-electron chi connectivity index (χ3n) is 12.1. The third-order valence-corrected chi connectivity index (χ3v) is 12.6. The van der Waals surface area contributed by atoms with Gasteiger partial charge < -0.3 is 14.8 Å². The average molecular weight is 732 g/mol. The highest BCUT2D eigenvalue weighted by molar-refractivity contribution is 7.80. The quantitative estimate of drug-likeness (QED) is 0.0727. The summed E-state index contributed by atoms with van der Waals surface area (Å²) in [6, 6.07) is 4.51. The molecule has 286 valence electrons. The van der Waals surface area contributed by atoms with E-state index in [1.165, 1.54) is 36.3 Å². The zero-order valence-corrected chi connectivity index (χ0v) is 32.6. The number of phenols is 2. The molecule has 5 rings (SSSR count). The molecule has 51 heavy (non-hydrogen) atoms. The van der Waals surface area contributed by atoms with E-state index in [9.17, 15) is 28.0 Å². The summed E-state index contributed by atoms with van der Waals surface area (Å²) >= 11 is 0. The lowest BCUT2D eigenvalue weighted by Gasteiger charge is -2.58. The molecule has 0 bridgehead atoms. The van der Waals surface area contributed by atoms with Crippen molar-refractivity contribution in [2.75, 3.05) is 12.4 Å². The second-order valence-electron chi connectivity index (χ2n) is 16.3. The Bertz CT molecular complexity index is 1670. The molecule has 3 aliphatic rings. The van der Waals surface area contributed by atoms with Gasteiger partial charge in [0.1, 0.15) is 11.5 Å². The van der Waals surface area contributed by atoms with Gasteiger partial charge in [0, 0.05) is 12.6 Å². The molecule has 2 saturated carbocycles. The number of phenolic OH excluding ortho intramolecular Hbond substituents is 2. The molecule has 0 spiro atoms. The Morgan fingerprint density at radius 2 is 1.90 bits per heavy atom. The first-order chi connectivity index (χ1) is 23.7. The molecule has 5 N–H and O–H groups in total. The van der Waals surface area contributed by atoms with Crippen molar-refractivity contribution in [3.05, 3.63) is 47.4 Å². The molecule has 1 unspecified atom stereocenters. The SMILES string of the molecule is C/C(=C\Cc1cc(O)ccc1O)CCC[C@@H](C)[C@@H](C[C@@H]1CCC[C@H]2C(C)(C)CCC[C@@]12C)OS(=O)(=O)[O-].CN1C(=O)c2c([n+](C)cn2C)NC1N. The molecule has 13 heteroatoms. The number of anilines is 1. The highest BCUT2D eigenvalue weighted by Gasteiger charge is 2.52. The molecule has 0 radical (unpaired) electrons. The Kier molecular flexibility index (Phi) is 13.0. The van der Waals surface area contributed by atoms with Crippen LogP contribution in [0.25, 0.3) is 0 Å². The number of allylic oxidation sites excluding steroid dienone is 2. The fourth-order valence-corrected chi connectivity index (χ4v) is 9.70. The summed E-state index contributed by atoms with van der Waals surface area (Å²) in [5, 5.41) is 22.7. The van der Waals surface area contributed by atoms with Gasteiger partial charge >= 0.3 is 0 Å². The van der Waals surface area contributed by atoms with Crippen LogP contribution >= 0.6 is 0 Å². The van der Waals surface area contributed by atoms with Crippen molar-refractivity contribution >= 4 is 22.1 Å². The number of imidazole rings is 1. The molecular weight excluding hydrogens is 671 g/mol. The Morgan fingerprint density at radius 3 is 2.59 bits per heavy atom. The molecule has 1 aromatic carbocycles. The zero-order chi connectivity index (χ0) is 37.9. The zero-order valence-electron chi connectivity index (χ0n) is 31.8. The van der Waals surface area contributed by atoms with Crippen molar-refractivity contribution in [1.82, 2.24) is 9.47 Å². The van der Waals surface area contributed by atoms with Gasteiger partial charge in [-0.2, -0.15) is 0 Å². The van der Waals surface area contributed by atoms with Crippen LogP contribution in [0.15, 0.2) is 36.2 Å². The number of aromatic nitrogens is 2. The van der Waals surface area contributed by atoms with Gasteiger partial charge in [0.25, 0.3) is 11.7 Å². The second kappa shape index (κ2) is 16.3. The molecule has 2 heterocycles. The highest BCUT2D eigenvalue weighted by atomic mass is 32.3. The number of nitrogens with one attached hydrogen (secondary N) is 1. The summed E-state index contributed by atoms with van der Waals surface area (Å²) in [4.78, 5) is 13.3. The molecule has 2 aliphatic carbocycles. The van der Waals surface area contributed by atoms with Crippen molar-refractivity contribution in [2.24, 2.45) is 48.4 Å². The normalized spacial score (nSPS) is 25.9. The molecule has 12 nitrogen and oxygen atoms in total. The van der Waals surface area contributed by atoms with E-state index in [0.717, 1.165) is 49.9 Å². The number of aryl methyl sites for hydroxylation is 2. The van der Waals surface area contributed by atoms with Crippen LogP contribution in [-0.2, 0) is 35.1 Å². The van der Waals surface area contributed by atoms with Crippen molar-refractivity contribution < 1.29 is 36.7 Å². The van der Waals surface area contributed by atoms with Gasteiger partial charge in [-0.05, 0) is 111 Å². The van der Waals surface area contributed by atoms with Crippen LogP contribution in [-0.4, -0.2) is 58.0 Å². The number of carbonyl (C=O) groups excluding carboxylic acids is 1. The van der Waals surface area contributed by atoms with Crippen molar-refractivity contribution in [3.63, 3.8) is 0 Å². The van der Waals surface area contributed by atoms with E-state index in [0.29, 0.717) is 35.9 Å². The minimum absolute atomic E-state index is 0.0489. The van der Waals surface area contributed by atoms with Crippen LogP contribution < -0.4 is 15.6 Å². The molecule has 2 fully saturated rings. The Morgan fingerprint density at radius 1 is 1.20 bits per heavy atom. The van der Waals surface area contributed by atoms with E-state index >= 15 is 0 Å². The van der Waals surface area contributed by atoms with Crippen LogP contribution in [0.1, 0.15) is 115 Å². The first-order valence-electron chi connectivity index (χ1n) is 18.4. The predicted molar refractivity (Wildman–Crippen MR) is 196 cm³/mol. The maximum atomic E-state index is 11.8.